The van der Waals surface area contributed by atoms with Crippen LogP contribution in [0.25, 0.3) is 0 Å². The number of aromatic amines is 1. The average molecular weight is 335 g/mol. The maximum absolute atomic E-state index is 11.7. The lowest BCUT2D eigenvalue weighted by atomic mass is 10.2. The van der Waals surface area contributed by atoms with E-state index in [0.29, 0.717) is 16.9 Å². The zero-order chi connectivity index (χ0) is 17.0. The fraction of sp³-hybridized carbons (Fsp3) is 0.500. The molecule has 0 fully saturated rings. The van der Waals surface area contributed by atoms with Gasteiger partial charge in [-0.2, -0.15) is 15.0 Å². The minimum Gasteiger partial charge on any atom is -0.368 e. The van der Waals surface area contributed by atoms with E-state index in [4.69, 9.17) is 5.73 Å². The molecule has 0 saturated carbocycles. The highest BCUT2D eigenvalue weighted by Crippen LogP contribution is 2.31. The average Bonchev–Trinajstić information content (AvgIpc) is 2.46. The first kappa shape index (κ1) is 17.2. The molecule has 23 heavy (non-hydrogen) atoms. The van der Waals surface area contributed by atoms with Crippen LogP contribution < -0.4 is 16.2 Å². The molecular formula is C14H21N7OS. The quantitative estimate of drug-likeness (QED) is 0.601. The number of anilines is 2. The number of nitrogens with two attached hydrogens (primary N) is 1. The third-order valence-corrected chi connectivity index (χ3v) is 3.97. The normalized spacial score (nSPS) is 12.2. The molecule has 2 aromatic heterocycles. The van der Waals surface area contributed by atoms with Gasteiger partial charge in [-0.3, -0.25) is 4.79 Å². The molecule has 1 atom stereocenters. The highest BCUT2D eigenvalue weighted by atomic mass is 32.2. The van der Waals surface area contributed by atoms with Crippen molar-refractivity contribution in [1.82, 2.24) is 24.9 Å². The highest BCUT2D eigenvalue weighted by molar-refractivity contribution is 7.99. The van der Waals surface area contributed by atoms with Crippen LogP contribution in [-0.2, 0) is 6.42 Å². The first-order chi connectivity index (χ1) is 10.9. The van der Waals surface area contributed by atoms with E-state index in [-0.39, 0.29) is 16.8 Å². The number of nitrogen functional groups attached to an aromatic ring is 1. The smallest absolute Gasteiger partial charge is 0.251 e. The van der Waals surface area contributed by atoms with Gasteiger partial charge in [0.25, 0.3) is 5.56 Å². The summed E-state index contributed by atoms with van der Waals surface area (Å²) in [7, 11) is 3.67. The van der Waals surface area contributed by atoms with Crippen molar-refractivity contribution in [3.8, 4) is 0 Å². The molecule has 124 valence electrons. The van der Waals surface area contributed by atoms with Gasteiger partial charge in [0.2, 0.25) is 11.9 Å². The standard InChI is InChI=1S/C14H21N7OS/c1-5-6-9-7-10(22)17-14(16-9)23-8(2)11-18-12(15)20-13(19-11)21(3)4/h7-8H,5-6H2,1-4H3,(H,16,17,22)(H2,15,18,19,20). The molecule has 0 spiro atoms. The van der Waals surface area contributed by atoms with Crippen molar-refractivity contribution in [2.24, 2.45) is 0 Å². The van der Waals surface area contributed by atoms with E-state index in [1.807, 2.05) is 21.0 Å². The fourth-order valence-corrected chi connectivity index (χ4v) is 2.80. The van der Waals surface area contributed by atoms with E-state index < -0.39 is 0 Å². The molecule has 0 aliphatic heterocycles. The Morgan fingerprint density at radius 1 is 1.30 bits per heavy atom. The molecule has 0 saturated heterocycles. The first-order valence-corrected chi connectivity index (χ1v) is 8.22. The second-order valence-electron chi connectivity index (χ2n) is 5.30. The second-order valence-corrected chi connectivity index (χ2v) is 6.63. The third-order valence-electron chi connectivity index (χ3n) is 2.99. The van der Waals surface area contributed by atoms with Crippen molar-refractivity contribution in [2.45, 2.75) is 37.1 Å². The number of nitrogens with zero attached hydrogens (tertiary/aromatic N) is 5. The van der Waals surface area contributed by atoms with Crippen LogP contribution in [-0.4, -0.2) is 39.0 Å². The molecule has 0 radical (unpaired) electrons. The first-order valence-electron chi connectivity index (χ1n) is 7.34. The molecule has 0 bridgehead atoms. The SMILES string of the molecule is CCCc1cc(=O)[nH]c(SC(C)c2nc(N)nc(N(C)C)n2)n1. The summed E-state index contributed by atoms with van der Waals surface area (Å²) < 4.78 is 0. The Bertz CT molecular complexity index is 731. The number of aromatic nitrogens is 5. The Morgan fingerprint density at radius 2 is 2.04 bits per heavy atom. The Kier molecular flexibility index (Phi) is 5.54. The van der Waals surface area contributed by atoms with Gasteiger partial charge < -0.3 is 15.6 Å². The van der Waals surface area contributed by atoms with Crippen LogP contribution in [0.3, 0.4) is 0 Å². The summed E-state index contributed by atoms with van der Waals surface area (Å²) >= 11 is 1.39. The molecule has 0 aliphatic carbocycles. The van der Waals surface area contributed by atoms with Crippen LogP contribution in [0.4, 0.5) is 11.9 Å². The molecule has 1 unspecified atom stereocenters. The summed E-state index contributed by atoms with van der Waals surface area (Å²) in [5, 5.41) is 0.429. The predicted molar refractivity (Wildman–Crippen MR) is 91.7 cm³/mol. The lowest BCUT2D eigenvalue weighted by Gasteiger charge is -2.14. The predicted octanol–water partition coefficient (Wildman–Crippen LogP) is 1.41. The highest BCUT2D eigenvalue weighted by Gasteiger charge is 2.16. The van der Waals surface area contributed by atoms with Gasteiger partial charge in [0.05, 0.1) is 5.25 Å². The number of thioether (sulfide) groups is 1. The summed E-state index contributed by atoms with van der Waals surface area (Å²) in [5.74, 6) is 1.23. The van der Waals surface area contributed by atoms with Gasteiger partial charge in [-0.25, -0.2) is 4.98 Å². The van der Waals surface area contributed by atoms with Crippen molar-refractivity contribution in [1.29, 1.82) is 0 Å². The number of rotatable bonds is 6. The lowest BCUT2D eigenvalue weighted by Crippen LogP contribution is -2.17. The van der Waals surface area contributed by atoms with E-state index in [0.717, 1.165) is 18.5 Å². The van der Waals surface area contributed by atoms with E-state index in [1.165, 1.54) is 17.8 Å². The summed E-state index contributed by atoms with van der Waals surface area (Å²) in [5.41, 5.74) is 6.38. The number of H-pyrrole nitrogens is 1. The lowest BCUT2D eigenvalue weighted by molar-refractivity contribution is 0.808. The number of nitrogens with one attached hydrogen (secondary N) is 1. The Hall–Kier alpha value is -2.16. The minimum absolute atomic E-state index is 0.126. The van der Waals surface area contributed by atoms with Crippen LogP contribution in [0.5, 0.6) is 0 Å². The number of hydrogen-bond acceptors (Lipinski definition) is 8. The van der Waals surface area contributed by atoms with Crippen molar-refractivity contribution in [3.63, 3.8) is 0 Å². The molecule has 8 nitrogen and oxygen atoms in total. The fourth-order valence-electron chi connectivity index (χ4n) is 1.92. The Labute approximate surface area is 139 Å². The van der Waals surface area contributed by atoms with Gasteiger partial charge in [0.1, 0.15) is 5.82 Å². The molecule has 0 aliphatic rings. The summed E-state index contributed by atoms with van der Waals surface area (Å²) in [6.07, 6.45) is 1.71. The molecule has 2 aromatic rings. The van der Waals surface area contributed by atoms with Gasteiger partial charge in [0.15, 0.2) is 5.16 Å². The van der Waals surface area contributed by atoms with Crippen LogP contribution in [0.15, 0.2) is 16.0 Å². The van der Waals surface area contributed by atoms with Crippen LogP contribution >= 0.6 is 11.8 Å². The molecule has 9 heteroatoms. The number of hydrogen-bond donors (Lipinski definition) is 2. The largest absolute Gasteiger partial charge is 0.368 e. The van der Waals surface area contributed by atoms with Crippen LogP contribution in [0, 0.1) is 0 Å². The maximum Gasteiger partial charge on any atom is 0.251 e. The van der Waals surface area contributed by atoms with E-state index >= 15 is 0 Å². The second kappa shape index (κ2) is 7.40. The third kappa shape index (κ3) is 4.65. The molecular weight excluding hydrogens is 314 g/mol. The zero-order valence-corrected chi connectivity index (χ0v) is 14.5. The number of aryl methyl sites for hydroxylation is 1. The molecule has 2 heterocycles. The van der Waals surface area contributed by atoms with E-state index in [2.05, 4.69) is 31.8 Å². The summed E-state index contributed by atoms with van der Waals surface area (Å²) in [6, 6.07) is 1.53. The van der Waals surface area contributed by atoms with E-state index in [1.54, 1.807) is 4.90 Å². The Balaban J connectivity index is 2.25. The molecule has 0 amide bonds. The van der Waals surface area contributed by atoms with Gasteiger partial charge in [0, 0.05) is 25.9 Å². The van der Waals surface area contributed by atoms with Crippen LogP contribution in [0.1, 0.15) is 37.0 Å². The van der Waals surface area contributed by atoms with Gasteiger partial charge >= 0.3 is 0 Å². The summed E-state index contributed by atoms with van der Waals surface area (Å²) in [6.45, 7) is 3.99. The Morgan fingerprint density at radius 3 is 2.70 bits per heavy atom. The van der Waals surface area contributed by atoms with Crippen molar-refractivity contribution in [3.05, 3.63) is 27.9 Å². The van der Waals surface area contributed by atoms with Gasteiger partial charge in [-0.15, -0.1) is 0 Å². The van der Waals surface area contributed by atoms with Crippen molar-refractivity contribution >= 4 is 23.7 Å². The van der Waals surface area contributed by atoms with E-state index in [9.17, 15) is 4.79 Å². The summed E-state index contributed by atoms with van der Waals surface area (Å²) in [4.78, 5) is 33.3. The van der Waals surface area contributed by atoms with Crippen molar-refractivity contribution < 1.29 is 0 Å². The van der Waals surface area contributed by atoms with Crippen molar-refractivity contribution in [2.75, 3.05) is 24.7 Å². The molecule has 2 rings (SSSR count). The monoisotopic (exact) mass is 335 g/mol. The molecule has 3 N–H and O–H groups in total. The zero-order valence-electron chi connectivity index (χ0n) is 13.7. The molecule has 0 aromatic carbocycles. The van der Waals surface area contributed by atoms with Gasteiger partial charge in [-0.05, 0) is 13.3 Å². The topological polar surface area (TPSA) is 114 Å². The van der Waals surface area contributed by atoms with Crippen LogP contribution in [0.2, 0.25) is 0 Å². The van der Waals surface area contributed by atoms with Gasteiger partial charge in [-0.1, -0.05) is 25.1 Å². The maximum atomic E-state index is 11.7. The minimum atomic E-state index is -0.151.